The first-order valence-corrected chi connectivity index (χ1v) is 7.11. The maximum atomic E-state index is 11.7. The Balaban J connectivity index is 2.00. The van der Waals surface area contributed by atoms with Gasteiger partial charge in [-0.1, -0.05) is 18.7 Å². The number of phenols is 1. The van der Waals surface area contributed by atoms with Gasteiger partial charge in [0.1, 0.15) is 17.9 Å². The van der Waals surface area contributed by atoms with Crippen LogP contribution in [0.4, 0.5) is 4.79 Å². The molecule has 118 valence electrons. The first kappa shape index (κ1) is 15.9. The monoisotopic (exact) mass is 305 g/mol. The number of hydrogen-bond acceptors (Lipinski definition) is 4. The molecule has 2 N–H and O–H groups in total. The van der Waals surface area contributed by atoms with Crippen LogP contribution in [0.1, 0.15) is 34.7 Å². The summed E-state index contributed by atoms with van der Waals surface area (Å²) < 4.78 is 5.00. The minimum atomic E-state index is -1.15. The fourth-order valence-electron chi connectivity index (χ4n) is 2.60. The van der Waals surface area contributed by atoms with E-state index < -0.39 is 5.97 Å². The summed E-state index contributed by atoms with van der Waals surface area (Å²) in [6.07, 6.45) is 2.63. The SMILES string of the molecule is C=CCOC(=O)N1CCC(c2ccc(O)c(C(=O)O)c2)CC1. The van der Waals surface area contributed by atoms with Crippen molar-refractivity contribution in [2.45, 2.75) is 18.8 Å². The smallest absolute Gasteiger partial charge is 0.410 e. The van der Waals surface area contributed by atoms with Gasteiger partial charge in [-0.25, -0.2) is 9.59 Å². The van der Waals surface area contributed by atoms with Gasteiger partial charge in [0, 0.05) is 13.1 Å². The molecular weight excluding hydrogens is 286 g/mol. The molecule has 0 saturated carbocycles. The number of nitrogens with zero attached hydrogens (tertiary/aromatic N) is 1. The Morgan fingerprint density at radius 1 is 1.36 bits per heavy atom. The predicted octanol–water partition coefficient (Wildman–Crippen LogP) is 2.59. The maximum Gasteiger partial charge on any atom is 0.410 e. The number of carbonyl (C=O) groups excluding carboxylic acids is 1. The van der Waals surface area contributed by atoms with Gasteiger partial charge in [0.2, 0.25) is 0 Å². The Morgan fingerprint density at radius 2 is 2.05 bits per heavy atom. The molecule has 0 atom stereocenters. The molecule has 1 amide bonds. The van der Waals surface area contributed by atoms with Gasteiger partial charge in [0.25, 0.3) is 0 Å². The minimum Gasteiger partial charge on any atom is -0.507 e. The molecule has 1 heterocycles. The molecular formula is C16H19NO5. The standard InChI is InChI=1S/C16H19NO5/c1-2-9-22-16(21)17-7-5-11(6-8-17)12-3-4-14(18)13(10-12)15(19)20/h2-4,10-11,18H,1,5-9H2,(H,19,20). The molecule has 6 nitrogen and oxygen atoms in total. The summed E-state index contributed by atoms with van der Waals surface area (Å²) in [7, 11) is 0. The summed E-state index contributed by atoms with van der Waals surface area (Å²) in [5.41, 5.74) is 0.777. The van der Waals surface area contributed by atoms with Gasteiger partial charge in [-0.3, -0.25) is 0 Å². The molecule has 0 aromatic heterocycles. The van der Waals surface area contributed by atoms with Crippen molar-refractivity contribution < 1.29 is 24.5 Å². The van der Waals surface area contributed by atoms with E-state index in [1.807, 2.05) is 0 Å². The van der Waals surface area contributed by atoms with Gasteiger partial charge < -0.3 is 19.8 Å². The van der Waals surface area contributed by atoms with Gasteiger partial charge >= 0.3 is 12.1 Å². The van der Waals surface area contributed by atoms with Crippen molar-refractivity contribution in [1.82, 2.24) is 4.90 Å². The highest BCUT2D eigenvalue weighted by atomic mass is 16.6. The fraction of sp³-hybridized carbons (Fsp3) is 0.375. The molecule has 22 heavy (non-hydrogen) atoms. The molecule has 1 aliphatic heterocycles. The van der Waals surface area contributed by atoms with Crippen molar-refractivity contribution in [3.8, 4) is 5.75 Å². The number of ether oxygens (including phenoxy) is 1. The average Bonchev–Trinajstić information content (AvgIpc) is 2.53. The van der Waals surface area contributed by atoms with Crippen LogP contribution in [0.15, 0.2) is 30.9 Å². The Hall–Kier alpha value is -2.50. The van der Waals surface area contributed by atoms with Crippen molar-refractivity contribution in [2.24, 2.45) is 0 Å². The Bertz CT molecular complexity index is 576. The number of hydrogen-bond donors (Lipinski definition) is 2. The van der Waals surface area contributed by atoms with Crippen LogP contribution in [-0.2, 0) is 4.74 Å². The lowest BCUT2D eigenvalue weighted by atomic mass is 9.88. The van der Waals surface area contributed by atoms with Crippen LogP contribution < -0.4 is 0 Å². The lowest BCUT2D eigenvalue weighted by Crippen LogP contribution is -2.38. The molecule has 0 aliphatic carbocycles. The van der Waals surface area contributed by atoms with Gasteiger partial charge in [-0.15, -0.1) is 0 Å². The number of amides is 1. The van der Waals surface area contributed by atoms with Crippen LogP contribution in [0.2, 0.25) is 0 Å². The Morgan fingerprint density at radius 3 is 2.64 bits per heavy atom. The number of likely N-dealkylation sites (tertiary alicyclic amines) is 1. The van der Waals surface area contributed by atoms with E-state index in [1.165, 1.54) is 18.2 Å². The topological polar surface area (TPSA) is 87.1 Å². The lowest BCUT2D eigenvalue weighted by molar-refractivity contribution is 0.0693. The van der Waals surface area contributed by atoms with Crippen molar-refractivity contribution >= 4 is 12.1 Å². The first-order valence-electron chi connectivity index (χ1n) is 7.11. The zero-order chi connectivity index (χ0) is 16.1. The van der Waals surface area contributed by atoms with Crippen molar-refractivity contribution in [2.75, 3.05) is 19.7 Å². The molecule has 0 bridgehead atoms. The molecule has 1 aromatic rings. The third-order valence-electron chi connectivity index (χ3n) is 3.80. The van der Waals surface area contributed by atoms with E-state index in [1.54, 1.807) is 11.0 Å². The Labute approximate surface area is 128 Å². The van der Waals surface area contributed by atoms with E-state index in [-0.39, 0.29) is 29.9 Å². The van der Waals surface area contributed by atoms with E-state index in [9.17, 15) is 14.7 Å². The molecule has 1 aliphatic rings. The second-order valence-electron chi connectivity index (χ2n) is 5.21. The molecule has 0 radical (unpaired) electrons. The molecule has 1 saturated heterocycles. The number of aromatic carboxylic acids is 1. The highest BCUT2D eigenvalue weighted by Gasteiger charge is 2.25. The summed E-state index contributed by atoms with van der Waals surface area (Å²) in [4.78, 5) is 24.4. The van der Waals surface area contributed by atoms with Crippen molar-refractivity contribution in [1.29, 1.82) is 0 Å². The van der Waals surface area contributed by atoms with Gasteiger partial charge in [-0.05, 0) is 36.5 Å². The number of carboxylic acid groups (broad SMARTS) is 1. The third kappa shape index (κ3) is 3.58. The molecule has 0 unspecified atom stereocenters. The lowest BCUT2D eigenvalue weighted by Gasteiger charge is -2.31. The molecule has 1 aromatic carbocycles. The van der Waals surface area contributed by atoms with E-state index in [4.69, 9.17) is 9.84 Å². The predicted molar refractivity (Wildman–Crippen MR) is 80.2 cm³/mol. The van der Waals surface area contributed by atoms with Gasteiger partial charge in [0.15, 0.2) is 0 Å². The van der Waals surface area contributed by atoms with E-state index >= 15 is 0 Å². The number of piperidine rings is 1. The number of aromatic hydroxyl groups is 1. The third-order valence-corrected chi connectivity index (χ3v) is 3.80. The summed E-state index contributed by atoms with van der Waals surface area (Å²) in [6.45, 7) is 4.81. The second-order valence-corrected chi connectivity index (χ2v) is 5.21. The van der Waals surface area contributed by atoms with Crippen LogP contribution in [0, 0.1) is 0 Å². The van der Waals surface area contributed by atoms with Gasteiger partial charge in [-0.2, -0.15) is 0 Å². The van der Waals surface area contributed by atoms with E-state index in [0.29, 0.717) is 13.1 Å². The minimum absolute atomic E-state index is 0.0923. The normalized spacial score (nSPS) is 15.4. The largest absolute Gasteiger partial charge is 0.507 e. The average molecular weight is 305 g/mol. The first-order chi connectivity index (χ1) is 10.5. The van der Waals surface area contributed by atoms with Crippen LogP contribution in [0.5, 0.6) is 5.75 Å². The van der Waals surface area contributed by atoms with Crippen LogP contribution >= 0.6 is 0 Å². The van der Waals surface area contributed by atoms with E-state index in [2.05, 4.69) is 6.58 Å². The van der Waals surface area contributed by atoms with Crippen LogP contribution in [0.3, 0.4) is 0 Å². The van der Waals surface area contributed by atoms with Crippen molar-refractivity contribution in [3.05, 3.63) is 42.0 Å². The molecule has 2 rings (SSSR count). The number of benzene rings is 1. The van der Waals surface area contributed by atoms with E-state index in [0.717, 1.165) is 18.4 Å². The Kier molecular flexibility index (Phi) is 5.04. The van der Waals surface area contributed by atoms with Crippen LogP contribution in [-0.4, -0.2) is 46.9 Å². The maximum absolute atomic E-state index is 11.7. The van der Waals surface area contributed by atoms with Crippen molar-refractivity contribution in [3.63, 3.8) is 0 Å². The molecule has 0 spiro atoms. The molecule has 6 heteroatoms. The summed E-state index contributed by atoms with van der Waals surface area (Å²) >= 11 is 0. The highest BCUT2D eigenvalue weighted by molar-refractivity contribution is 5.91. The summed E-state index contributed by atoms with van der Waals surface area (Å²) in [5, 5.41) is 18.6. The number of carbonyl (C=O) groups is 2. The highest BCUT2D eigenvalue weighted by Crippen LogP contribution is 2.31. The number of rotatable bonds is 4. The van der Waals surface area contributed by atoms with Crippen LogP contribution in [0.25, 0.3) is 0 Å². The number of carboxylic acids is 1. The fourth-order valence-corrected chi connectivity index (χ4v) is 2.60. The molecule has 1 fully saturated rings. The zero-order valence-electron chi connectivity index (χ0n) is 12.2. The summed E-state index contributed by atoms with van der Waals surface area (Å²) in [6, 6.07) is 4.65. The van der Waals surface area contributed by atoms with Gasteiger partial charge in [0.05, 0.1) is 0 Å². The second kappa shape index (κ2) is 6.98. The summed E-state index contributed by atoms with van der Waals surface area (Å²) in [5.74, 6) is -1.21. The zero-order valence-corrected chi connectivity index (χ0v) is 12.2. The quantitative estimate of drug-likeness (QED) is 0.835.